The zero-order valence-corrected chi connectivity index (χ0v) is 11.7. The van der Waals surface area contributed by atoms with Crippen LogP contribution in [-0.2, 0) is 6.42 Å². The molecule has 2 aliphatic carbocycles. The van der Waals surface area contributed by atoms with Crippen molar-refractivity contribution < 1.29 is 0 Å². The predicted octanol–water partition coefficient (Wildman–Crippen LogP) is 3.31. The summed E-state index contributed by atoms with van der Waals surface area (Å²) >= 11 is 0. The summed E-state index contributed by atoms with van der Waals surface area (Å²) in [6, 6.07) is 8.87. The van der Waals surface area contributed by atoms with Crippen LogP contribution in [0, 0.1) is 5.41 Å². The van der Waals surface area contributed by atoms with E-state index in [0.29, 0.717) is 17.4 Å². The Hall–Kier alpha value is -1.51. The minimum absolute atomic E-state index is 0.470. The summed E-state index contributed by atoms with van der Waals surface area (Å²) < 4.78 is 0. The van der Waals surface area contributed by atoms with E-state index in [-0.39, 0.29) is 0 Å². The lowest BCUT2D eigenvalue weighted by Crippen LogP contribution is -2.23. The standard InChI is InChI=1S/C16H23N3/c1-2-12-5-7-13(8-6-12)18-15(17)19-14-11-16(14)9-3-4-10-16/h5-8,14H,2-4,9-11H2,1H3,(H3,17,18,19). The molecule has 19 heavy (non-hydrogen) atoms. The van der Waals surface area contributed by atoms with Gasteiger partial charge < -0.3 is 11.1 Å². The highest BCUT2D eigenvalue weighted by molar-refractivity contribution is 5.92. The van der Waals surface area contributed by atoms with Gasteiger partial charge in [-0.3, -0.25) is 0 Å². The molecule has 1 spiro atoms. The van der Waals surface area contributed by atoms with Crippen LogP contribution in [0.25, 0.3) is 0 Å². The Morgan fingerprint density at radius 1 is 1.32 bits per heavy atom. The first-order valence-corrected chi connectivity index (χ1v) is 7.41. The summed E-state index contributed by atoms with van der Waals surface area (Å²) in [5.74, 6) is 0.568. The molecule has 3 nitrogen and oxygen atoms in total. The highest BCUT2D eigenvalue weighted by atomic mass is 15.1. The Balaban J connectivity index is 1.60. The third kappa shape index (κ3) is 2.60. The van der Waals surface area contributed by atoms with E-state index in [1.54, 1.807) is 0 Å². The number of anilines is 1. The molecule has 0 bridgehead atoms. The number of hydrogen-bond donors (Lipinski definition) is 2. The summed E-state index contributed by atoms with van der Waals surface area (Å²) in [5, 5.41) is 3.20. The number of hydrogen-bond acceptors (Lipinski definition) is 1. The highest BCUT2D eigenvalue weighted by Crippen LogP contribution is 2.59. The first-order chi connectivity index (χ1) is 9.22. The number of rotatable bonds is 3. The zero-order valence-electron chi connectivity index (χ0n) is 11.7. The molecular formula is C16H23N3. The van der Waals surface area contributed by atoms with Crippen LogP contribution in [0.2, 0.25) is 0 Å². The Morgan fingerprint density at radius 2 is 2.00 bits per heavy atom. The zero-order chi connectivity index (χ0) is 13.3. The molecule has 1 aromatic rings. The van der Waals surface area contributed by atoms with Gasteiger partial charge in [-0.05, 0) is 48.8 Å². The van der Waals surface area contributed by atoms with E-state index >= 15 is 0 Å². The maximum Gasteiger partial charge on any atom is 0.193 e. The molecule has 0 heterocycles. The van der Waals surface area contributed by atoms with E-state index in [2.05, 4.69) is 41.5 Å². The molecule has 0 amide bonds. The van der Waals surface area contributed by atoms with E-state index in [0.717, 1.165) is 12.1 Å². The van der Waals surface area contributed by atoms with Gasteiger partial charge in [0.2, 0.25) is 0 Å². The van der Waals surface area contributed by atoms with Gasteiger partial charge in [-0.25, -0.2) is 4.99 Å². The number of guanidine groups is 1. The van der Waals surface area contributed by atoms with Crippen molar-refractivity contribution in [2.45, 2.75) is 51.5 Å². The average molecular weight is 257 g/mol. The third-order valence-corrected chi connectivity index (χ3v) is 4.68. The smallest absolute Gasteiger partial charge is 0.193 e. The van der Waals surface area contributed by atoms with Crippen LogP contribution in [-0.4, -0.2) is 12.0 Å². The maximum absolute atomic E-state index is 6.01. The minimum atomic E-state index is 0.470. The quantitative estimate of drug-likeness (QED) is 0.644. The van der Waals surface area contributed by atoms with E-state index in [4.69, 9.17) is 5.73 Å². The van der Waals surface area contributed by atoms with Gasteiger partial charge in [0.15, 0.2) is 5.96 Å². The molecule has 2 aliphatic rings. The summed E-state index contributed by atoms with van der Waals surface area (Å²) in [7, 11) is 0. The monoisotopic (exact) mass is 257 g/mol. The summed E-state index contributed by atoms with van der Waals surface area (Å²) in [4.78, 5) is 4.64. The molecule has 1 unspecified atom stereocenters. The van der Waals surface area contributed by atoms with Crippen molar-refractivity contribution in [2.75, 3.05) is 5.32 Å². The lowest BCUT2D eigenvalue weighted by atomic mass is 10.1. The van der Waals surface area contributed by atoms with Crippen LogP contribution in [0.3, 0.4) is 0 Å². The summed E-state index contributed by atoms with van der Waals surface area (Å²) in [5.41, 5.74) is 8.90. The SMILES string of the molecule is CCc1ccc(NC(N)=NC2CC23CCCC3)cc1. The highest BCUT2D eigenvalue weighted by Gasteiger charge is 2.55. The average Bonchev–Trinajstić information content (AvgIpc) is 2.85. The number of nitrogens with two attached hydrogens (primary N) is 1. The molecule has 0 aromatic heterocycles. The van der Waals surface area contributed by atoms with Gasteiger partial charge in [0.1, 0.15) is 0 Å². The molecule has 2 fully saturated rings. The molecule has 3 rings (SSSR count). The number of aliphatic imine (C=N–C) groups is 1. The Kier molecular flexibility index (Phi) is 3.21. The first-order valence-electron chi connectivity index (χ1n) is 7.41. The second kappa shape index (κ2) is 4.87. The van der Waals surface area contributed by atoms with Crippen molar-refractivity contribution in [2.24, 2.45) is 16.1 Å². The van der Waals surface area contributed by atoms with E-state index in [9.17, 15) is 0 Å². The fourth-order valence-electron chi connectivity index (χ4n) is 3.30. The van der Waals surface area contributed by atoms with Crippen molar-refractivity contribution in [3.05, 3.63) is 29.8 Å². The molecule has 3 heteroatoms. The molecule has 102 valence electrons. The molecular weight excluding hydrogens is 234 g/mol. The van der Waals surface area contributed by atoms with Crippen molar-refractivity contribution in [3.63, 3.8) is 0 Å². The summed E-state index contributed by atoms with van der Waals surface area (Å²) in [6.07, 6.45) is 7.74. The number of benzene rings is 1. The van der Waals surface area contributed by atoms with Gasteiger partial charge in [0, 0.05) is 5.69 Å². The van der Waals surface area contributed by atoms with Crippen molar-refractivity contribution >= 4 is 11.6 Å². The van der Waals surface area contributed by atoms with Crippen LogP contribution in [0.1, 0.15) is 44.6 Å². The maximum atomic E-state index is 6.01. The van der Waals surface area contributed by atoms with Gasteiger partial charge in [-0.15, -0.1) is 0 Å². The molecule has 2 saturated carbocycles. The second-order valence-corrected chi connectivity index (χ2v) is 5.98. The summed E-state index contributed by atoms with van der Waals surface area (Å²) in [6.45, 7) is 2.16. The normalized spacial score (nSPS) is 24.7. The molecule has 1 atom stereocenters. The lowest BCUT2D eigenvalue weighted by Gasteiger charge is -2.08. The number of nitrogens with one attached hydrogen (secondary N) is 1. The minimum Gasteiger partial charge on any atom is -0.370 e. The van der Waals surface area contributed by atoms with Crippen molar-refractivity contribution in [3.8, 4) is 0 Å². The van der Waals surface area contributed by atoms with E-state index < -0.39 is 0 Å². The number of nitrogens with zero attached hydrogens (tertiary/aromatic N) is 1. The van der Waals surface area contributed by atoms with Crippen LogP contribution < -0.4 is 11.1 Å². The fourth-order valence-corrected chi connectivity index (χ4v) is 3.30. The van der Waals surface area contributed by atoms with E-state index in [1.165, 1.54) is 37.7 Å². The van der Waals surface area contributed by atoms with Crippen molar-refractivity contribution in [1.82, 2.24) is 0 Å². The lowest BCUT2D eigenvalue weighted by molar-refractivity contribution is 0.511. The molecule has 0 saturated heterocycles. The van der Waals surface area contributed by atoms with E-state index in [1.807, 2.05) is 0 Å². The van der Waals surface area contributed by atoms with Crippen LogP contribution >= 0.6 is 0 Å². The Bertz CT molecular complexity index is 469. The van der Waals surface area contributed by atoms with Gasteiger partial charge >= 0.3 is 0 Å². The van der Waals surface area contributed by atoms with Crippen LogP contribution in [0.4, 0.5) is 5.69 Å². The predicted molar refractivity (Wildman–Crippen MR) is 80.4 cm³/mol. The number of aryl methyl sites for hydroxylation is 1. The van der Waals surface area contributed by atoms with Gasteiger partial charge in [0.25, 0.3) is 0 Å². The van der Waals surface area contributed by atoms with Gasteiger partial charge in [-0.1, -0.05) is 31.9 Å². The largest absolute Gasteiger partial charge is 0.370 e. The van der Waals surface area contributed by atoms with Crippen LogP contribution in [0.5, 0.6) is 0 Å². The second-order valence-electron chi connectivity index (χ2n) is 5.98. The fraction of sp³-hybridized carbons (Fsp3) is 0.562. The van der Waals surface area contributed by atoms with Crippen molar-refractivity contribution in [1.29, 1.82) is 0 Å². The molecule has 0 aliphatic heterocycles. The molecule has 0 radical (unpaired) electrons. The Morgan fingerprint density at radius 3 is 2.63 bits per heavy atom. The Labute approximate surface area is 115 Å². The first kappa shape index (κ1) is 12.5. The van der Waals surface area contributed by atoms with Gasteiger partial charge in [-0.2, -0.15) is 0 Å². The van der Waals surface area contributed by atoms with Crippen LogP contribution in [0.15, 0.2) is 29.3 Å². The van der Waals surface area contributed by atoms with Gasteiger partial charge in [0.05, 0.1) is 6.04 Å². The molecule has 3 N–H and O–H groups in total. The topological polar surface area (TPSA) is 50.4 Å². The molecule has 1 aromatic carbocycles. The third-order valence-electron chi connectivity index (χ3n) is 4.68.